The monoisotopic (exact) mass is 260 g/mol. The van der Waals surface area contributed by atoms with Gasteiger partial charge in [-0.3, -0.25) is 9.36 Å². The van der Waals surface area contributed by atoms with Crippen LogP contribution >= 0.6 is 11.3 Å². The van der Waals surface area contributed by atoms with Crippen LogP contribution in [0.4, 0.5) is 4.79 Å². The Kier molecular flexibility index (Phi) is 4.17. The molecule has 17 heavy (non-hydrogen) atoms. The van der Waals surface area contributed by atoms with E-state index in [1.807, 2.05) is 0 Å². The summed E-state index contributed by atoms with van der Waals surface area (Å²) in [5.74, 6) is -0.0917. The molecule has 1 aromatic rings. The Morgan fingerprint density at radius 2 is 2.24 bits per heavy atom. The van der Waals surface area contributed by atoms with Crippen molar-refractivity contribution >= 4 is 17.4 Å². The molecule has 0 saturated carbocycles. The van der Waals surface area contributed by atoms with Crippen LogP contribution < -0.4 is 10.2 Å². The van der Waals surface area contributed by atoms with Gasteiger partial charge < -0.3 is 15.2 Å². The highest BCUT2D eigenvalue weighted by atomic mass is 32.1. The number of nitrogens with one attached hydrogen (secondary N) is 1. The van der Waals surface area contributed by atoms with Gasteiger partial charge in [-0.1, -0.05) is 11.3 Å². The molecule has 0 atom stereocenters. The normalized spacial score (nSPS) is 11.2. The minimum atomic E-state index is -0.550. The van der Waals surface area contributed by atoms with Crippen LogP contribution in [0.15, 0.2) is 10.2 Å². The number of amides is 1. The lowest BCUT2D eigenvalue weighted by molar-refractivity contribution is 0.0525. The third kappa shape index (κ3) is 4.48. The number of carbonyl (C=O) groups excluding carboxylic acids is 1. The van der Waals surface area contributed by atoms with E-state index in [1.54, 1.807) is 20.8 Å². The largest absolute Gasteiger partial charge is 0.494 e. The van der Waals surface area contributed by atoms with E-state index in [0.717, 1.165) is 11.3 Å². The fourth-order valence-corrected chi connectivity index (χ4v) is 1.76. The molecule has 1 aromatic heterocycles. The molecule has 2 N–H and O–H groups in total. The predicted octanol–water partition coefficient (Wildman–Crippen LogP) is 1.14. The molecule has 1 heterocycles. The summed E-state index contributed by atoms with van der Waals surface area (Å²) in [4.78, 5) is 22.2. The summed E-state index contributed by atoms with van der Waals surface area (Å²) >= 11 is 0.913. The van der Waals surface area contributed by atoms with Crippen molar-refractivity contribution in [3.05, 3.63) is 15.0 Å². The Bertz CT molecular complexity index is 444. The number of rotatable bonds is 3. The predicted molar refractivity (Wildman–Crippen MR) is 64.5 cm³/mol. The average molecular weight is 260 g/mol. The molecule has 0 bridgehead atoms. The summed E-state index contributed by atoms with van der Waals surface area (Å²) in [5, 5.41) is 13.2. The van der Waals surface area contributed by atoms with Crippen LogP contribution in [0.2, 0.25) is 0 Å². The Morgan fingerprint density at radius 1 is 1.59 bits per heavy atom. The summed E-state index contributed by atoms with van der Waals surface area (Å²) in [6.45, 7) is 5.73. The molecule has 6 nitrogen and oxygen atoms in total. The van der Waals surface area contributed by atoms with Crippen molar-refractivity contribution in [3.8, 4) is 5.88 Å². The number of hydrogen-bond donors (Lipinski definition) is 2. The van der Waals surface area contributed by atoms with Crippen LogP contribution in [0, 0.1) is 0 Å². The van der Waals surface area contributed by atoms with Gasteiger partial charge in [-0.05, 0) is 20.8 Å². The molecule has 0 aliphatic rings. The first-order valence-electron chi connectivity index (χ1n) is 5.14. The van der Waals surface area contributed by atoms with Gasteiger partial charge >= 0.3 is 11.0 Å². The molecule has 96 valence electrons. The van der Waals surface area contributed by atoms with E-state index < -0.39 is 11.7 Å². The molecular formula is C10H16N2O4S. The fraction of sp³-hybridized carbons (Fsp3) is 0.600. The second kappa shape index (κ2) is 5.22. The van der Waals surface area contributed by atoms with Crippen molar-refractivity contribution in [2.45, 2.75) is 32.9 Å². The summed E-state index contributed by atoms with van der Waals surface area (Å²) in [6, 6.07) is 0. The van der Waals surface area contributed by atoms with Crippen molar-refractivity contribution in [2.75, 3.05) is 6.54 Å². The molecule has 0 spiro atoms. The quantitative estimate of drug-likeness (QED) is 0.854. The van der Waals surface area contributed by atoms with Gasteiger partial charge in [0, 0.05) is 13.1 Å². The first-order valence-corrected chi connectivity index (χ1v) is 6.02. The summed E-state index contributed by atoms with van der Waals surface area (Å²) in [6.07, 6.45) is -0.541. The SMILES string of the molecule is CC(C)(C)OC(=O)NCCn1c(O)csc1=O. The molecule has 0 unspecified atom stereocenters. The van der Waals surface area contributed by atoms with Crippen molar-refractivity contribution in [3.63, 3.8) is 0 Å². The van der Waals surface area contributed by atoms with Gasteiger partial charge in [0.1, 0.15) is 5.60 Å². The van der Waals surface area contributed by atoms with E-state index in [9.17, 15) is 14.7 Å². The van der Waals surface area contributed by atoms with Crippen LogP contribution in [0.3, 0.4) is 0 Å². The summed E-state index contributed by atoms with van der Waals surface area (Å²) in [7, 11) is 0. The lowest BCUT2D eigenvalue weighted by Gasteiger charge is -2.19. The smallest absolute Gasteiger partial charge is 0.407 e. The number of thiazole rings is 1. The van der Waals surface area contributed by atoms with Crippen molar-refractivity contribution in [1.82, 2.24) is 9.88 Å². The molecule has 1 amide bonds. The van der Waals surface area contributed by atoms with E-state index >= 15 is 0 Å². The second-order valence-corrected chi connectivity index (χ2v) is 5.26. The van der Waals surface area contributed by atoms with Crippen LogP contribution in [0.1, 0.15) is 20.8 Å². The lowest BCUT2D eigenvalue weighted by atomic mass is 10.2. The molecule has 0 aliphatic carbocycles. The maximum atomic E-state index is 11.3. The van der Waals surface area contributed by atoms with Gasteiger partial charge in [0.25, 0.3) is 0 Å². The fourth-order valence-electron chi connectivity index (χ4n) is 1.11. The van der Waals surface area contributed by atoms with Gasteiger partial charge in [-0.25, -0.2) is 4.79 Å². The molecule has 7 heteroatoms. The molecule has 0 fully saturated rings. The minimum absolute atomic E-state index is 0.0917. The number of ether oxygens (including phenoxy) is 1. The molecule has 0 radical (unpaired) electrons. The zero-order chi connectivity index (χ0) is 13.1. The number of aromatic nitrogens is 1. The Labute approximate surface area is 103 Å². The van der Waals surface area contributed by atoms with Gasteiger partial charge in [0.2, 0.25) is 5.88 Å². The number of hydrogen-bond acceptors (Lipinski definition) is 5. The first kappa shape index (κ1) is 13.6. The van der Waals surface area contributed by atoms with E-state index in [1.165, 1.54) is 9.95 Å². The molecule has 0 saturated heterocycles. The van der Waals surface area contributed by atoms with Gasteiger partial charge in [-0.15, -0.1) is 0 Å². The van der Waals surface area contributed by atoms with Crippen LogP contribution in [-0.2, 0) is 11.3 Å². The molecular weight excluding hydrogens is 244 g/mol. The first-order chi connectivity index (χ1) is 7.79. The Balaban J connectivity index is 2.39. The van der Waals surface area contributed by atoms with E-state index in [4.69, 9.17) is 4.74 Å². The maximum Gasteiger partial charge on any atom is 0.407 e. The number of alkyl carbamates (subject to hydrolysis) is 1. The maximum absolute atomic E-state index is 11.3. The average Bonchev–Trinajstić information content (AvgIpc) is 2.46. The standard InChI is InChI=1S/C10H16N2O4S/c1-10(2,3)16-8(14)11-4-5-12-7(13)6-17-9(12)15/h6,13H,4-5H2,1-3H3,(H,11,14). The Morgan fingerprint density at radius 3 is 2.71 bits per heavy atom. The summed E-state index contributed by atoms with van der Waals surface area (Å²) < 4.78 is 6.20. The zero-order valence-corrected chi connectivity index (χ0v) is 10.8. The summed E-state index contributed by atoms with van der Waals surface area (Å²) in [5.41, 5.74) is -0.550. The third-order valence-corrected chi connectivity index (χ3v) is 2.52. The van der Waals surface area contributed by atoms with Crippen molar-refractivity contribution < 1.29 is 14.6 Å². The third-order valence-electron chi connectivity index (χ3n) is 1.77. The number of nitrogens with zero attached hydrogens (tertiary/aromatic N) is 1. The highest BCUT2D eigenvalue weighted by molar-refractivity contribution is 7.07. The highest BCUT2D eigenvalue weighted by Crippen LogP contribution is 2.08. The van der Waals surface area contributed by atoms with E-state index in [0.29, 0.717) is 0 Å². The number of aromatic hydroxyl groups is 1. The zero-order valence-electron chi connectivity index (χ0n) is 10.0. The van der Waals surface area contributed by atoms with Gasteiger partial charge in [0.15, 0.2) is 0 Å². The van der Waals surface area contributed by atoms with Crippen molar-refractivity contribution in [1.29, 1.82) is 0 Å². The minimum Gasteiger partial charge on any atom is -0.494 e. The van der Waals surface area contributed by atoms with Crippen molar-refractivity contribution in [2.24, 2.45) is 0 Å². The van der Waals surface area contributed by atoms with E-state index in [2.05, 4.69) is 5.32 Å². The van der Waals surface area contributed by atoms with Gasteiger partial charge in [-0.2, -0.15) is 0 Å². The van der Waals surface area contributed by atoms with Crippen LogP contribution in [0.25, 0.3) is 0 Å². The highest BCUT2D eigenvalue weighted by Gasteiger charge is 2.15. The van der Waals surface area contributed by atoms with Crippen LogP contribution in [-0.4, -0.2) is 27.9 Å². The second-order valence-electron chi connectivity index (χ2n) is 4.44. The van der Waals surface area contributed by atoms with Crippen LogP contribution in [0.5, 0.6) is 5.88 Å². The Hall–Kier alpha value is -1.50. The number of carbonyl (C=O) groups is 1. The topological polar surface area (TPSA) is 80.6 Å². The van der Waals surface area contributed by atoms with Gasteiger partial charge in [0.05, 0.1) is 5.38 Å². The van der Waals surface area contributed by atoms with E-state index in [-0.39, 0.29) is 23.8 Å². The molecule has 0 aromatic carbocycles. The molecule has 0 aliphatic heterocycles. The molecule has 1 rings (SSSR count). The lowest BCUT2D eigenvalue weighted by Crippen LogP contribution is -2.34.